The van der Waals surface area contributed by atoms with Crippen molar-refractivity contribution in [2.75, 3.05) is 12.0 Å². The summed E-state index contributed by atoms with van der Waals surface area (Å²) < 4.78 is 5.35. The van der Waals surface area contributed by atoms with Crippen molar-refractivity contribution in [3.8, 4) is 0 Å². The number of hydrogen-bond acceptors (Lipinski definition) is 6. The van der Waals surface area contributed by atoms with Crippen LogP contribution in [0.5, 0.6) is 0 Å². The highest BCUT2D eigenvalue weighted by Crippen LogP contribution is 2.39. The topological polar surface area (TPSA) is 104 Å². The van der Waals surface area contributed by atoms with E-state index in [-0.39, 0.29) is 11.3 Å². The van der Waals surface area contributed by atoms with Crippen LogP contribution < -0.4 is 4.90 Å². The number of aliphatic hydroxyl groups excluding tert-OH is 1. The maximum atomic E-state index is 12.6. The molecule has 0 aromatic heterocycles. The van der Waals surface area contributed by atoms with Gasteiger partial charge in [-0.2, -0.15) is 0 Å². The number of para-hydroxylation sites is 1. The first-order valence-corrected chi connectivity index (χ1v) is 8.56. The van der Waals surface area contributed by atoms with Crippen molar-refractivity contribution in [3.05, 3.63) is 70.2 Å². The number of halogens is 1. The van der Waals surface area contributed by atoms with Crippen molar-refractivity contribution in [2.45, 2.75) is 5.72 Å². The fourth-order valence-corrected chi connectivity index (χ4v) is 3.13. The van der Waals surface area contributed by atoms with Gasteiger partial charge in [0.1, 0.15) is 11.3 Å². The third-order valence-corrected chi connectivity index (χ3v) is 4.66. The van der Waals surface area contributed by atoms with Crippen molar-refractivity contribution in [3.63, 3.8) is 0 Å². The van der Waals surface area contributed by atoms with E-state index in [9.17, 15) is 24.6 Å². The Morgan fingerprint density at radius 1 is 1.07 bits per heavy atom. The van der Waals surface area contributed by atoms with Gasteiger partial charge in [0.2, 0.25) is 0 Å². The van der Waals surface area contributed by atoms with Crippen LogP contribution in [0, 0.1) is 0 Å². The molecule has 0 radical (unpaired) electrons. The summed E-state index contributed by atoms with van der Waals surface area (Å²) in [4.78, 5) is 38.3. The van der Waals surface area contributed by atoms with E-state index in [2.05, 4.69) is 20.7 Å². The number of Topliss-reactive ketones (excluding diaryl/α,β-unsaturated/α-hetero) is 1. The van der Waals surface area contributed by atoms with Crippen molar-refractivity contribution in [1.82, 2.24) is 0 Å². The molecule has 7 nitrogen and oxygen atoms in total. The minimum atomic E-state index is -2.80. The first-order valence-electron chi connectivity index (χ1n) is 7.76. The van der Waals surface area contributed by atoms with Crippen molar-refractivity contribution < 1.29 is 29.3 Å². The molecule has 3 rings (SSSR count). The smallest absolute Gasteiger partial charge is 0.365 e. The molecule has 1 atom stereocenters. The van der Waals surface area contributed by atoms with Crippen molar-refractivity contribution >= 4 is 45.0 Å². The zero-order chi connectivity index (χ0) is 19.8. The lowest BCUT2D eigenvalue weighted by Crippen LogP contribution is -2.54. The summed E-state index contributed by atoms with van der Waals surface area (Å²) in [5.74, 6) is -4.32. The van der Waals surface area contributed by atoms with Crippen LogP contribution in [-0.2, 0) is 19.1 Å². The van der Waals surface area contributed by atoms with Gasteiger partial charge in [-0.1, -0.05) is 46.3 Å². The highest BCUT2D eigenvalue weighted by atomic mass is 79.9. The molecular formula is C19H14BrNO6. The molecule has 0 saturated carbocycles. The first kappa shape index (κ1) is 18.8. The second kappa shape index (κ2) is 6.98. The van der Waals surface area contributed by atoms with Crippen LogP contribution >= 0.6 is 15.9 Å². The molecule has 1 amide bonds. The Balaban J connectivity index is 2.28. The van der Waals surface area contributed by atoms with Crippen LogP contribution in [0.2, 0.25) is 0 Å². The molecule has 2 aromatic rings. The first-order chi connectivity index (χ1) is 12.8. The largest absolute Gasteiger partial charge is 0.507 e. The summed E-state index contributed by atoms with van der Waals surface area (Å²) in [6.45, 7) is 0. The molecule has 1 aliphatic heterocycles. The number of anilines is 1. The molecule has 27 heavy (non-hydrogen) atoms. The molecule has 138 valence electrons. The van der Waals surface area contributed by atoms with Gasteiger partial charge in [-0.25, -0.2) is 4.79 Å². The average molecular weight is 432 g/mol. The van der Waals surface area contributed by atoms with E-state index in [1.807, 2.05) is 0 Å². The number of rotatable bonds is 3. The fourth-order valence-electron chi connectivity index (χ4n) is 2.87. The molecule has 2 aromatic carbocycles. The number of aliphatic hydroxyl groups is 2. The highest BCUT2D eigenvalue weighted by molar-refractivity contribution is 9.10. The molecule has 1 heterocycles. The number of amides is 1. The number of ether oxygens (including phenoxy) is 1. The summed E-state index contributed by atoms with van der Waals surface area (Å²) >= 11 is 3.25. The molecule has 2 N–H and O–H groups in total. The van der Waals surface area contributed by atoms with Gasteiger partial charge in [-0.3, -0.25) is 14.5 Å². The number of methoxy groups -OCH3 is 1. The standard InChI is InChI=1S/C19H14BrNO6/c1-27-18(25)19(26)14(15(22)11-7-9-12(20)10-8-11)16(23)17(24)21(19)13-5-3-2-4-6-13/h2-10,22,26H,1H3/t19-/m0/s1. The molecular weight excluding hydrogens is 418 g/mol. The van der Waals surface area contributed by atoms with Crippen LogP contribution in [0.1, 0.15) is 5.56 Å². The van der Waals surface area contributed by atoms with Gasteiger partial charge in [-0.05, 0) is 24.3 Å². The second-order valence-corrected chi connectivity index (χ2v) is 6.62. The molecule has 0 spiro atoms. The minimum Gasteiger partial charge on any atom is -0.507 e. The van der Waals surface area contributed by atoms with Crippen LogP contribution in [0.4, 0.5) is 5.69 Å². The van der Waals surface area contributed by atoms with E-state index in [0.29, 0.717) is 9.37 Å². The van der Waals surface area contributed by atoms with E-state index in [4.69, 9.17) is 0 Å². The van der Waals surface area contributed by atoms with Gasteiger partial charge in [0.25, 0.3) is 11.5 Å². The quantitative estimate of drug-likeness (QED) is 0.334. The molecule has 8 heteroatoms. The van der Waals surface area contributed by atoms with E-state index in [1.54, 1.807) is 30.3 Å². The van der Waals surface area contributed by atoms with Crippen LogP contribution in [-0.4, -0.2) is 40.7 Å². The zero-order valence-electron chi connectivity index (χ0n) is 14.0. The van der Waals surface area contributed by atoms with Crippen LogP contribution in [0.15, 0.2) is 64.6 Å². The summed E-state index contributed by atoms with van der Waals surface area (Å²) in [5.41, 5.74) is -3.32. The lowest BCUT2D eigenvalue weighted by Gasteiger charge is -2.30. The molecule has 1 fully saturated rings. The van der Waals surface area contributed by atoms with Gasteiger partial charge in [0.05, 0.1) is 7.11 Å². The van der Waals surface area contributed by atoms with E-state index >= 15 is 0 Å². The summed E-state index contributed by atoms with van der Waals surface area (Å²) in [5, 5.41) is 21.8. The van der Waals surface area contributed by atoms with Gasteiger partial charge in [0, 0.05) is 15.7 Å². The fraction of sp³-hybridized carbons (Fsp3) is 0.105. The number of carbonyl (C=O) groups excluding carboxylic acids is 3. The van der Waals surface area contributed by atoms with Gasteiger partial charge in [0.15, 0.2) is 0 Å². The SMILES string of the molecule is COC(=O)[C@@]1(O)C(=C(O)c2ccc(Br)cc2)C(=O)C(=O)N1c1ccccc1. The predicted molar refractivity (Wildman–Crippen MR) is 99.6 cm³/mol. The minimum absolute atomic E-state index is 0.0994. The number of hydrogen-bond donors (Lipinski definition) is 2. The average Bonchev–Trinajstić information content (AvgIpc) is 2.88. The molecule has 0 unspecified atom stereocenters. The monoisotopic (exact) mass is 431 g/mol. The van der Waals surface area contributed by atoms with Crippen LogP contribution in [0.3, 0.4) is 0 Å². The molecule has 1 saturated heterocycles. The summed E-state index contributed by atoms with van der Waals surface area (Å²) in [7, 11) is 1.01. The number of nitrogens with zero attached hydrogens (tertiary/aromatic N) is 1. The maximum Gasteiger partial charge on any atom is 0.365 e. The van der Waals surface area contributed by atoms with Gasteiger partial charge >= 0.3 is 11.9 Å². The van der Waals surface area contributed by atoms with E-state index in [1.165, 1.54) is 24.3 Å². The summed E-state index contributed by atoms with van der Waals surface area (Å²) in [6.07, 6.45) is 0. The van der Waals surface area contributed by atoms with Crippen LogP contribution in [0.25, 0.3) is 5.76 Å². The number of benzene rings is 2. The summed E-state index contributed by atoms with van der Waals surface area (Å²) in [6, 6.07) is 13.8. The Morgan fingerprint density at radius 3 is 2.22 bits per heavy atom. The highest BCUT2D eigenvalue weighted by Gasteiger charge is 2.62. The third-order valence-electron chi connectivity index (χ3n) is 4.14. The predicted octanol–water partition coefficient (Wildman–Crippen LogP) is 2.20. The number of ketones is 1. The number of carbonyl (C=O) groups is 3. The Labute approximate surface area is 162 Å². The lowest BCUT2D eigenvalue weighted by atomic mass is 9.97. The second-order valence-electron chi connectivity index (χ2n) is 5.70. The van der Waals surface area contributed by atoms with Crippen molar-refractivity contribution in [2.24, 2.45) is 0 Å². The normalized spacial score (nSPS) is 21.4. The zero-order valence-corrected chi connectivity index (χ0v) is 15.6. The maximum absolute atomic E-state index is 12.6. The number of esters is 1. The third kappa shape index (κ3) is 2.92. The van der Waals surface area contributed by atoms with Gasteiger partial charge in [-0.15, -0.1) is 0 Å². The Kier molecular flexibility index (Phi) is 4.86. The molecule has 1 aliphatic rings. The Bertz CT molecular complexity index is 954. The van der Waals surface area contributed by atoms with E-state index in [0.717, 1.165) is 7.11 Å². The van der Waals surface area contributed by atoms with E-state index < -0.39 is 34.7 Å². The van der Waals surface area contributed by atoms with Gasteiger partial charge < -0.3 is 14.9 Å². The Morgan fingerprint density at radius 2 is 1.67 bits per heavy atom. The molecule has 0 aliphatic carbocycles. The lowest BCUT2D eigenvalue weighted by molar-refractivity contribution is -0.158. The van der Waals surface area contributed by atoms with Crippen molar-refractivity contribution in [1.29, 1.82) is 0 Å². The molecule has 0 bridgehead atoms. The Hall–Kier alpha value is -2.97.